The number of hydrogen-bond acceptors (Lipinski definition) is 6. The van der Waals surface area contributed by atoms with Crippen molar-refractivity contribution in [3.05, 3.63) is 34.9 Å². The van der Waals surface area contributed by atoms with Gasteiger partial charge in [0.25, 0.3) is 0 Å². The summed E-state index contributed by atoms with van der Waals surface area (Å²) in [7, 11) is 1.38. The molecule has 2 heterocycles. The zero-order valence-corrected chi connectivity index (χ0v) is 15.8. The second-order valence-electron chi connectivity index (χ2n) is 7.54. The molecule has 26 heavy (non-hydrogen) atoms. The fraction of sp³-hybridized carbons (Fsp3) is 0.600. The molecule has 0 unspecified atom stereocenters. The smallest absolute Gasteiger partial charge is 0.314 e. The van der Waals surface area contributed by atoms with E-state index < -0.39 is 5.41 Å². The van der Waals surface area contributed by atoms with Crippen LogP contribution in [0.25, 0.3) is 0 Å². The summed E-state index contributed by atoms with van der Waals surface area (Å²) in [5.74, 6) is 0.738. The summed E-state index contributed by atoms with van der Waals surface area (Å²) in [6, 6.07) is 2.02. The molecule has 0 aromatic carbocycles. The summed E-state index contributed by atoms with van der Waals surface area (Å²) in [4.78, 5) is 26.0. The fourth-order valence-corrected chi connectivity index (χ4v) is 3.90. The van der Waals surface area contributed by atoms with E-state index in [-0.39, 0.29) is 18.5 Å². The van der Waals surface area contributed by atoms with Crippen LogP contribution in [0.15, 0.2) is 22.7 Å². The van der Waals surface area contributed by atoms with E-state index in [4.69, 9.17) is 9.72 Å². The van der Waals surface area contributed by atoms with Crippen molar-refractivity contribution in [1.82, 2.24) is 9.97 Å². The van der Waals surface area contributed by atoms with Gasteiger partial charge in [0.2, 0.25) is 0 Å². The number of esters is 1. The van der Waals surface area contributed by atoms with Crippen molar-refractivity contribution in [2.24, 2.45) is 10.4 Å². The Morgan fingerprint density at radius 3 is 2.62 bits per heavy atom. The van der Waals surface area contributed by atoms with Crippen LogP contribution in [0, 0.1) is 12.3 Å². The molecule has 1 aliphatic carbocycles. The number of hydrogen-bond donors (Lipinski definition) is 1. The van der Waals surface area contributed by atoms with Gasteiger partial charge in [0.1, 0.15) is 5.82 Å². The molecule has 0 bridgehead atoms. The number of aliphatic hydroxyl groups is 1. The first kappa shape index (κ1) is 18.7. The lowest BCUT2D eigenvalue weighted by atomic mass is 9.70. The van der Waals surface area contributed by atoms with E-state index in [1.165, 1.54) is 12.7 Å². The summed E-state index contributed by atoms with van der Waals surface area (Å²) >= 11 is 0. The quantitative estimate of drug-likeness (QED) is 0.819. The maximum Gasteiger partial charge on any atom is 0.314 e. The molecule has 3 rings (SSSR count). The SMILES string of the molecule is COC(=O)C1(CO)CCC(c2nc(C)cc(CC3=NCC(C)=C3)n2)CC1. The number of aryl methyl sites for hydroxylation is 1. The van der Waals surface area contributed by atoms with Gasteiger partial charge in [-0.05, 0) is 51.7 Å². The van der Waals surface area contributed by atoms with Crippen LogP contribution in [-0.2, 0) is 16.0 Å². The Kier molecular flexibility index (Phi) is 5.51. The predicted octanol–water partition coefficient (Wildman–Crippen LogP) is 2.54. The van der Waals surface area contributed by atoms with Gasteiger partial charge >= 0.3 is 5.97 Å². The summed E-state index contributed by atoms with van der Waals surface area (Å²) in [6.07, 6.45) is 5.61. The van der Waals surface area contributed by atoms with Gasteiger partial charge in [-0.25, -0.2) is 9.97 Å². The summed E-state index contributed by atoms with van der Waals surface area (Å²) in [5, 5.41) is 9.72. The summed E-state index contributed by atoms with van der Waals surface area (Å²) in [5.41, 5.74) is 3.53. The van der Waals surface area contributed by atoms with Crippen LogP contribution in [0.3, 0.4) is 0 Å². The van der Waals surface area contributed by atoms with Crippen molar-refractivity contribution in [1.29, 1.82) is 0 Å². The van der Waals surface area contributed by atoms with E-state index in [1.54, 1.807) is 0 Å². The number of carbonyl (C=O) groups is 1. The van der Waals surface area contributed by atoms with E-state index in [2.05, 4.69) is 23.0 Å². The largest absolute Gasteiger partial charge is 0.469 e. The number of carbonyl (C=O) groups excluding carboxylic acids is 1. The van der Waals surface area contributed by atoms with Crippen LogP contribution in [-0.4, -0.2) is 47.0 Å². The third kappa shape index (κ3) is 3.85. The lowest BCUT2D eigenvalue weighted by Gasteiger charge is -2.35. The van der Waals surface area contributed by atoms with Crippen molar-refractivity contribution < 1.29 is 14.6 Å². The number of aliphatic hydroxyl groups excluding tert-OH is 1. The fourth-order valence-electron chi connectivity index (χ4n) is 3.90. The highest BCUT2D eigenvalue weighted by molar-refractivity contribution is 5.98. The third-order valence-corrected chi connectivity index (χ3v) is 5.46. The molecule has 1 aliphatic heterocycles. The molecule has 1 N–H and O–H groups in total. The van der Waals surface area contributed by atoms with Crippen molar-refractivity contribution in [3.8, 4) is 0 Å². The van der Waals surface area contributed by atoms with Crippen LogP contribution >= 0.6 is 0 Å². The van der Waals surface area contributed by atoms with Gasteiger partial charge < -0.3 is 9.84 Å². The van der Waals surface area contributed by atoms with Gasteiger partial charge in [-0.3, -0.25) is 9.79 Å². The number of aliphatic imine (C=N–C) groups is 1. The molecule has 6 heteroatoms. The minimum Gasteiger partial charge on any atom is -0.469 e. The first-order valence-corrected chi connectivity index (χ1v) is 9.20. The van der Waals surface area contributed by atoms with Crippen LogP contribution in [0.5, 0.6) is 0 Å². The Balaban J connectivity index is 1.73. The van der Waals surface area contributed by atoms with Crippen molar-refractivity contribution >= 4 is 11.7 Å². The minimum atomic E-state index is -0.765. The van der Waals surface area contributed by atoms with Gasteiger partial charge in [-0.1, -0.05) is 5.57 Å². The maximum atomic E-state index is 12.1. The van der Waals surface area contributed by atoms with Crippen LogP contribution < -0.4 is 0 Å². The highest BCUT2D eigenvalue weighted by Crippen LogP contribution is 2.42. The minimum absolute atomic E-state index is 0.169. The Morgan fingerprint density at radius 1 is 1.31 bits per heavy atom. The first-order chi connectivity index (χ1) is 12.5. The molecule has 0 atom stereocenters. The molecular formula is C20H27N3O3. The molecule has 1 saturated carbocycles. The van der Waals surface area contributed by atoms with Crippen LogP contribution in [0.4, 0.5) is 0 Å². The average molecular weight is 357 g/mol. The van der Waals surface area contributed by atoms with Gasteiger partial charge in [0, 0.05) is 23.7 Å². The normalized spacial score (nSPS) is 25.6. The average Bonchev–Trinajstić information content (AvgIpc) is 3.05. The number of aromatic nitrogens is 2. The zero-order chi connectivity index (χ0) is 18.7. The maximum absolute atomic E-state index is 12.1. The van der Waals surface area contributed by atoms with Crippen LogP contribution in [0.1, 0.15) is 55.7 Å². The highest BCUT2D eigenvalue weighted by Gasteiger charge is 2.43. The molecular weight excluding hydrogens is 330 g/mol. The van der Waals surface area contributed by atoms with E-state index in [9.17, 15) is 9.90 Å². The number of rotatable bonds is 5. The summed E-state index contributed by atoms with van der Waals surface area (Å²) in [6.45, 7) is 4.69. The van der Waals surface area contributed by atoms with Gasteiger partial charge in [-0.15, -0.1) is 0 Å². The lowest BCUT2D eigenvalue weighted by Crippen LogP contribution is -2.39. The standard InChI is InChI=1S/C20H27N3O3/c1-13-8-16(21-11-13)10-17-9-14(2)22-18(23-17)15-4-6-20(12-24,7-5-15)19(25)26-3/h8-9,15,24H,4-7,10-12H2,1-3H3. The molecule has 0 radical (unpaired) electrons. The lowest BCUT2D eigenvalue weighted by molar-refractivity contribution is -0.158. The number of methoxy groups -OCH3 is 1. The third-order valence-electron chi connectivity index (χ3n) is 5.46. The molecule has 0 amide bonds. The molecule has 0 saturated heterocycles. The topological polar surface area (TPSA) is 84.7 Å². The van der Waals surface area contributed by atoms with E-state index in [1.807, 2.05) is 13.0 Å². The monoisotopic (exact) mass is 357 g/mol. The molecule has 1 fully saturated rings. The second kappa shape index (κ2) is 7.66. The molecule has 6 nitrogen and oxygen atoms in total. The highest BCUT2D eigenvalue weighted by atomic mass is 16.5. The van der Waals surface area contributed by atoms with Gasteiger partial charge in [0.05, 0.1) is 31.4 Å². The van der Waals surface area contributed by atoms with Crippen molar-refractivity contribution in [2.75, 3.05) is 20.3 Å². The zero-order valence-electron chi connectivity index (χ0n) is 15.8. The van der Waals surface area contributed by atoms with Crippen LogP contribution in [0.2, 0.25) is 0 Å². The molecule has 2 aliphatic rings. The van der Waals surface area contributed by atoms with E-state index in [0.29, 0.717) is 12.8 Å². The van der Waals surface area contributed by atoms with E-state index >= 15 is 0 Å². The van der Waals surface area contributed by atoms with Gasteiger partial charge in [-0.2, -0.15) is 0 Å². The van der Waals surface area contributed by atoms with Crippen molar-refractivity contribution in [2.45, 2.75) is 51.9 Å². The Morgan fingerprint density at radius 2 is 2.04 bits per heavy atom. The molecule has 1 aromatic heterocycles. The predicted molar refractivity (Wildman–Crippen MR) is 99.3 cm³/mol. The number of nitrogens with zero attached hydrogens (tertiary/aromatic N) is 3. The van der Waals surface area contributed by atoms with Gasteiger partial charge in [0.15, 0.2) is 0 Å². The first-order valence-electron chi connectivity index (χ1n) is 9.20. The Bertz CT molecular complexity index is 747. The van der Waals surface area contributed by atoms with E-state index in [0.717, 1.165) is 48.7 Å². The Hall–Kier alpha value is -2.08. The molecule has 1 aromatic rings. The summed E-state index contributed by atoms with van der Waals surface area (Å²) < 4.78 is 4.90. The molecule has 140 valence electrons. The Labute approximate surface area is 154 Å². The number of allylic oxidation sites excluding steroid dienone is 1. The van der Waals surface area contributed by atoms with Crippen molar-refractivity contribution in [3.63, 3.8) is 0 Å². The molecule has 0 spiro atoms. The number of ether oxygens (including phenoxy) is 1. The second-order valence-corrected chi connectivity index (χ2v) is 7.54.